The minimum absolute atomic E-state index is 1.47. The third-order valence-corrected chi connectivity index (χ3v) is 15.5. The highest BCUT2D eigenvalue weighted by atomic mass is 28.5. The molecule has 0 aliphatic carbocycles. The van der Waals surface area contributed by atoms with Crippen LogP contribution in [0.25, 0.3) is 0 Å². The number of hydrogen-bond acceptors (Lipinski definition) is 3. The van der Waals surface area contributed by atoms with E-state index in [2.05, 4.69) is 70.1 Å². The lowest BCUT2D eigenvalue weighted by atomic mass is 11.8. The summed E-state index contributed by atoms with van der Waals surface area (Å²) in [6.45, 7) is 22.5. The van der Waals surface area contributed by atoms with Crippen LogP contribution in [-0.4, -0.2) is 33.6 Å². The quantitative estimate of drug-likeness (QED) is 0.759. The van der Waals surface area contributed by atoms with Crippen molar-refractivity contribution < 1.29 is 8.23 Å². The highest BCUT2D eigenvalue weighted by Crippen LogP contribution is 2.17. The molecule has 104 valence electrons. The van der Waals surface area contributed by atoms with E-state index in [-0.39, 0.29) is 0 Å². The maximum Gasteiger partial charge on any atom is 0.246 e. The average molecular weight is 310 g/mol. The van der Waals surface area contributed by atoms with Crippen molar-refractivity contribution in [1.29, 1.82) is 0 Å². The highest BCUT2D eigenvalue weighted by molar-refractivity contribution is 6.93. The Kier molecular flexibility index (Phi) is 5.63. The van der Waals surface area contributed by atoms with Crippen molar-refractivity contribution in [3.8, 4) is 0 Å². The molecule has 3 nitrogen and oxygen atoms in total. The van der Waals surface area contributed by atoms with Crippen LogP contribution in [0.2, 0.25) is 65.5 Å². The summed E-state index contributed by atoms with van der Waals surface area (Å²) < 4.78 is 16.4. The van der Waals surface area contributed by atoms with Crippen molar-refractivity contribution >= 4 is 33.6 Å². The molecule has 0 aromatic heterocycles. The van der Waals surface area contributed by atoms with Crippen molar-refractivity contribution in [3.05, 3.63) is 0 Å². The molecule has 0 amide bonds. The lowest BCUT2D eigenvalue weighted by Gasteiger charge is -2.40. The standard InChI is InChI=1S/C10H31NO2Si4/c1-14(2,3)12-16(7,8)11-17(9,10)13-15(4,5)6/h11H,1-10H3. The van der Waals surface area contributed by atoms with Gasteiger partial charge in [0.2, 0.25) is 17.0 Å². The highest BCUT2D eigenvalue weighted by Gasteiger charge is 2.39. The second-order valence-electron chi connectivity index (χ2n) is 7.57. The largest absolute Gasteiger partial charge is 0.445 e. The molecule has 0 radical (unpaired) electrons. The van der Waals surface area contributed by atoms with Crippen LogP contribution in [0.3, 0.4) is 0 Å². The molecule has 0 spiro atoms. The van der Waals surface area contributed by atoms with Crippen molar-refractivity contribution in [1.82, 2.24) is 4.65 Å². The van der Waals surface area contributed by atoms with Gasteiger partial charge >= 0.3 is 0 Å². The van der Waals surface area contributed by atoms with Gasteiger partial charge in [-0.1, -0.05) is 0 Å². The van der Waals surface area contributed by atoms with Gasteiger partial charge < -0.3 is 12.9 Å². The van der Waals surface area contributed by atoms with E-state index in [0.717, 1.165) is 0 Å². The summed E-state index contributed by atoms with van der Waals surface area (Å²) in [6.07, 6.45) is 0. The van der Waals surface area contributed by atoms with Gasteiger partial charge in [-0.15, -0.1) is 0 Å². The van der Waals surface area contributed by atoms with Crippen LogP contribution in [-0.2, 0) is 8.23 Å². The maximum atomic E-state index is 6.31. The molecule has 7 heteroatoms. The third-order valence-electron chi connectivity index (χ3n) is 1.72. The normalized spacial score (nSPS) is 15.2. The molecule has 0 atom stereocenters. The number of rotatable bonds is 6. The van der Waals surface area contributed by atoms with E-state index in [0.29, 0.717) is 0 Å². The zero-order valence-electron chi connectivity index (χ0n) is 13.3. The predicted octanol–water partition coefficient (Wildman–Crippen LogP) is 3.68. The van der Waals surface area contributed by atoms with Gasteiger partial charge in [-0.05, 0) is 65.5 Å². The Balaban J connectivity index is 4.59. The lowest BCUT2D eigenvalue weighted by molar-refractivity contribution is 0.510. The van der Waals surface area contributed by atoms with Gasteiger partial charge in [0.15, 0.2) is 16.6 Å². The summed E-state index contributed by atoms with van der Waals surface area (Å²) in [5.41, 5.74) is 0. The van der Waals surface area contributed by atoms with Crippen molar-refractivity contribution in [2.45, 2.75) is 65.5 Å². The van der Waals surface area contributed by atoms with Crippen LogP contribution in [0.1, 0.15) is 0 Å². The van der Waals surface area contributed by atoms with Gasteiger partial charge in [-0.2, -0.15) is 0 Å². The maximum absolute atomic E-state index is 6.31. The van der Waals surface area contributed by atoms with E-state index in [1.165, 1.54) is 0 Å². The van der Waals surface area contributed by atoms with Gasteiger partial charge in [0, 0.05) is 0 Å². The summed E-state index contributed by atoms with van der Waals surface area (Å²) in [5, 5.41) is 0. The van der Waals surface area contributed by atoms with E-state index in [1.807, 2.05) is 0 Å². The predicted molar refractivity (Wildman–Crippen MR) is 87.0 cm³/mol. The molecule has 0 saturated heterocycles. The monoisotopic (exact) mass is 309 g/mol. The SMILES string of the molecule is C[Si](C)(C)O[Si](C)(C)N[Si](C)(C)O[Si](C)(C)C. The molecular weight excluding hydrogens is 278 g/mol. The first kappa shape index (κ1) is 17.7. The molecule has 0 unspecified atom stereocenters. The molecule has 0 bridgehead atoms. The van der Waals surface area contributed by atoms with Crippen LogP contribution >= 0.6 is 0 Å². The number of hydrogen-bond donors (Lipinski definition) is 1. The minimum atomic E-state index is -1.80. The van der Waals surface area contributed by atoms with Crippen LogP contribution in [0, 0.1) is 0 Å². The molecule has 0 fully saturated rings. The van der Waals surface area contributed by atoms with E-state index in [9.17, 15) is 0 Å². The first-order valence-electron chi connectivity index (χ1n) is 6.32. The molecule has 0 aromatic carbocycles. The van der Waals surface area contributed by atoms with E-state index in [1.54, 1.807) is 0 Å². The van der Waals surface area contributed by atoms with E-state index < -0.39 is 33.6 Å². The Morgan fingerprint density at radius 1 is 0.529 bits per heavy atom. The van der Waals surface area contributed by atoms with Gasteiger partial charge in [-0.3, -0.25) is 0 Å². The summed E-state index contributed by atoms with van der Waals surface area (Å²) in [4.78, 5) is 0. The van der Waals surface area contributed by atoms with Crippen LogP contribution in [0.15, 0.2) is 0 Å². The molecule has 17 heavy (non-hydrogen) atoms. The third kappa shape index (κ3) is 10.4. The minimum Gasteiger partial charge on any atom is -0.445 e. The van der Waals surface area contributed by atoms with Gasteiger partial charge in [0.1, 0.15) is 0 Å². The van der Waals surface area contributed by atoms with E-state index in [4.69, 9.17) is 8.23 Å². The zero-order valence-corrected chi connectivity index (χ0v) is 17.3. The molecule has 0 aliphatic rings. The Morgan fingerprint density at radius 2 is 0.765 bits per heavy atom. The second kappa shape index (κ2) is 5.39. The second-order valence-corrected chi connectivity index (χ2v) is 24.7. The first-order valence-corrected chi connectivity index (χ1v) is 18.9. The molecular formula is C10H31NO2Si4. The summed E-state index contributed by atoms with van der Waals surface area (Å²) in [6, 6.07) is 0. The fraction of sp³-hybridized carbons (Fsp3) is 1.00. The van der Waals surface area contributed by atoms with Crippen LogP contribution in [0.5, 0.6) is 0 Å². The van der Waals surface area contributed by atoms with Gasteiger partial charge in [0.05, 0.1) is 0 Å². The van der Waals surface area contributed by atoms with Crippen molar-refractivity contribution in [2.24, 2.45) is 0 Å². The molecule has 1 N–H and O–H groups in total. The molecule has 0 rings (SSSR count). The van der Waals surface area contributed by atoms with Crippen LogP contribution < -0.4 is 4.65 Å². The molecule has 0 aliphatic heterocycles. The van der Waals surface area contributed by atoms with Gasteiger partial charge in [-0.25, -0.2) is 0 Å². The molecule has 0 heterocycles. The van der Waals surface area contributed by atoms with E-state index >= 15 is 0 Å². The zero-order chi connectivity index (χ0) is 14.1. The van der Waals surface area contributed by atoms with Crippen LogP contribution in [0.4, 0.5) is 0 Å². The Morgan fingerprint density at radius 3 is 0.941 bits per heavy atom. The topological polar surface area (TPSA) is 30.5 Å². The summed E-state index contributed by atoms with van der Waals surface area (Å²) in [7, 11) is -6.55. The fourth-order valence-electron chi connectivity index (χ4n) is 2.31. The summed E-state index contributed by atoms with van der Waals surface area (Å²) in [5.74, 6) is 0. The summed E-state index contributed by atoms with van der Waals surface area (Å²) >= 11 is 0. The Hall–Kier alpha value is 0.748. The Labute approximate surface area is 112 Å². The number of nitrogens with one attached hydrogen (secondary N) is 1. The van der Waals surface area contributed by atoms with Crippen molar-refractivity contribution in [2.75, 3.05) is 0 Å². The fourth-order valence-corrected chi connectivity index (χ4v) is 21.7. The van der Waals surface area contributed by atoms with Gasteiger partial charge in [0.25, 0.3) is 0 Å². The Bertz CT molecular complexity index is 230. The molecule has 0 saturated carbocycles. The molecule has 0 aromatic rings. The smallest absolute Gasteiger partial charge is 0.246 e. The lowest BCUT2D eigenvalue weighted by Crippen LogP contribution is -2.66. The van der Waals surface area contributed by atoms with Crippen molar-refractivity contribution in [3.63, 3.8) is 0 Å². The first-order chi connectivity index (χ1) is 7.12. The average Bonchev–Trinajstić information content (AvgIpc) is 1.65.